The molecule has 0 aromatic rings. The predicted molar refractivity (Wildman–Crippen MR) is 78.0 cm³/mol. The van der Waals surface area contributed by atoms with E-state index < -0.39 is 0 Å². The second-order valence-corrected chi connectivity index (χ2v) is 5.66. The van der Waals surface area contributed by atoms with Gasteiger partial charge in [0, 0.05) is 4.70 Å². The maximum absolute atomic E-state index is 4.76. The summed E-state index contributed by atoms with van der Waals surface area (Å²) >= 11 is 6.54. The first-order chi connectivity index (χ1) is 7.41. The highest BCUT2D eigenvalue weighted by Crippen LogP contribution is 2.11. The summed E-state index contributed by atoms with van der Waals surface area (Å²) in [4.78, 5) is 0. The third-order valence-corrected chi connectivity index (χ3v) is 3.75. The second-order valence-electron chi connectivity index (χ2n) is 4.15. The summed E-state index contributed by atoms with van der Waals surface area (Å²) in [6.45, 7) is 2.28. The highest BCUT2D eigenvalue weighted by Gasteiger charge is 1.92. The number of thiocarbonyl (C=S) groups is 1. The molecule has 0 saturated heterocycles. The van der Waals surface area contributed by atoms with Gasteiger partial charge in [0.1, 0.15) is 0 Å². The Hall–Kier alpha value is 0.440. The van der Waals surface area contributed by atoms with E-state index in [1.807, 2.05) is 0 Å². The number of hydrogen-bond acceptors (Lipinski definition) is 2. The van der Waals surface area contributed by atoms with Crippen LogP contribution in [0.5, 0.6) is 0 Å². The molecule has 0 spiro atoms. The van der Waals surface area contributed by atoms with Crippen molar-refractivity contribution in [1.82, 2.24) is 0 Å². The molecule has 0 aliphatic carbocycles. The molecule has 0 atom stereocenters. The Kier molecular flexibility index (Phi) is 14.9. The van der Waals surface area contributed by atoms with Gasteiger partial charge in [-0.25, -0.2) is 0 Å². The lowest BCUT2D eigenvalue weighted by Gasteiger charge is -2.01. The monoisotopic (exact) mass is 246 g/mol. The van der Waals surface area contributed by atoms with Gasteiger partial charge in [0.25, 0.3) is 0 Å². The summed E-state index contributed by atoms with van der Waals surface area (Å²) in [5.41, 5.74) is 0. The molecular formula is C13H26S2. The van der Waals surface area contributed by atoms with Crippen molar-refractivity contribution in [3.8, 4) is 0 Å². The van der Waals surface area contributed by atoms with Crippen LogP contribution in [-0.2, 0) is 0 Å². The highest BCUT2D eigenvalue weighted by atomic mass is 32.2. The van der Waals surface area contributed by atoms with Gasteiger partial charge in [-0.1, -0.05) is 76.9 Å². The average Bonchev–Trinajstić information content (AvgIpc) is 2.26. The molecule has 0 N–H and O–H groups in total. The average molecular weight is 246 g/mol. The fraction of sp³-hybridized carbons (Fsp3) is 0.923. The Morgan fingerprint density at radius 1 is 0.800 bits per heavy atom. The van der Waals surface area contributed by atoms with Crippen LogP contribution in [0.15, 0.2) is 0 Å². The van der Waals surface area contributed by atoms with Crippen LogP contribution in [0.3, 0.4) is 0 Å². The molecule has 0 heterocycles. The van der Waals surface area contributed by atoms with Crippen LogP contribution >= 0.6 is 24.0 Å². The van der Waals surface area contributed by atoms with E-state index in [0.717, 1.165) is 0 Å². The topological polar surface area (TPSA) is 0 Å². The van der Waals surface area contributed by atoms with E-state index in [9.17, 15) is 0 Å². The molecule has 15 heavy (non-hydrogen) atoms. The van der Waals surface area contributed by atoms with Crippen LogP contribution in [0.1, 0.15) is 71.1 Å². The summed E-state index contributed by atoms with van der Waals surface area (Å²) < 4.78 is 1.79. The third kappa shape index (κ3) is 14.4. The van der Waals surface area contributed by atoms with E-state index in [1.165, 1.54) is 70.0 Å². The van der Waals surface area contributed by atoms with Gasteiger partial charge in [-0.3, -0.25) is 0 Å². The molecule has 0 radical (unpaired) electrons. The predicted octanol–water partition coefficient (Wildman–Crippen LogP) is 5.60. The van der Waals surface area contributed by atoms with Crippen molar-refractivity contribution >= 4 is 28.7 Å². The third-order valence-electron chi connectivity index (χ3n) is 2.68. The van der Waals surface area contributed by atoms with E-state index in [0.29, 0.717) is 0 Å². The van der Waals surface area contributed by atoms with Gasteiger partial charge in [0.2, 0.25) is 0 Å². The van der Waals surface area contributed by atoms with Gasteiger partial charge in [0.15, 0.2) is 0 Å². The van der Waals surface area contributed by atoms with Crippen molar-refractivity contribution in [3.05, 3.63) is 0 Å². The molecule has 0 rings (SSSR count). The Labute approximate surface area is 106 Å². The molecule has 90 valence electrons. The Bertz CT molecular complexity index is 124. The largest absolute Gasteiger partial charge is 0.122 e. The number of rotatable bonds is 12. The molecule has 0 bridgehead atoms. The quantitative estimate of drug-likeness (QED) is 0.325. The number of unbranched alkanes of at least 4 members (excludes halogenated alkanes) is 9. The van der Waals surface area contributed by atoms with Crippen LogP contribution in [0.25, 0.3) is 0 Å². The summed E-state index contributed by atoms with van der Waals surface area (Å²) in [5.74, 6) is 1.22. The molecule has 0 aromatic heterocycles. The zero-order chi connectivity index (χ0) is 11.2. The lowest BCUT2D eigenvalue weighted by Crippen LogP contribution is -1.83. The number of hydrogen-bond donors (Lipinski definition) is 0. The van der Waals surface area contributed by atoms with Crippen LogP contribution in [0.4, 0.5) is 0 Å². The molecule has 0 aliphatic rings. The summed E-state index contributed by atoms with van der Waals surface area (Å²) in [7, 11) is 0. The first kappa shape index (κ1) is 15.4. The van der Waals surface area contributed by atoms with Gasteiger partial charge in [-0.05, 0) is 12.2 Å². The Balaban J connectivity index is 2.83. The molecule has 0 aromatic carbocycles. The van der Waals surface area contributed by atoms with Gasteiger partial charge in [0.05, 0.1) is 0 Å². The van der Waals surface area contributed by atoms with Crippen molar-refractivity contribution in [2.75, 3.05) is 5.75 Å². The SMILES string of the molecule is CCCCCCCCCCCCSC=S. The minimum absolute atomic E-state index is 1.22. The minimum Gasteiger partial charge on any atom is -0.122 e. The van der Waals surface area contributed by atoms with Crippen LogP contribution < -0.4 is 0 Å². The van der Waals surface area contributed by atoms with Crippen LogP contribution in [0, 0.1) is 0 Å². The minimum atomic E-state index is 1.22. The van der Waals surface area contributed by atoms with E-state index in [1.54, 1.807) is 16.5 Å². The van der Waals surface area contributed by atoms with Crippen molar-refractivity contribution in [2.24, 2.45) is 0 Å². The smallest absolute Gasteiger partial charge is 0.0341 e. The molecule has 0 saturated carbocycles. The maximum atomic E-state index is 4.76. The van der Waals surface area contributed by atoms with Crippen molar-refractivity contribution in [2.45, 2.75) is 71.1 Å². The molecule has 0 unspecified atom stereocenters. The molecular weight excluding hydrogens is 220 g/mol. The highest BCUT2D eigenvalue weighted by molar-refractivity contribution is 8.20. The van der Waals surface area contributed by atoms with E-state index in [4.69, 9.17) is 12.2 Å². The lowest BCUT2D eigenvalue weighted by molar-refractivity contribution is 0.563. The summed E-state index contributed by atoms with van der Waals surface area (Å²) in [6.07, 6.45) is 14.2. The fourth-order valence-corrected chi connectivity index (χ4v) is 2.48. The first-order valence-corrected chi connectivity index (χ1v) is 7.99. The van der Waals surface area contributed by atoms with E-state index in [2.05, 4.69) is 6.92 Å². The van der Waals surface area contributed by atoms with Crippen molar-refractivity contribution in [3.63, 3.8) is 0 Å². The van der Waals surface area contributed by atoms with E-state index in [-0.39, 0.29) is 0 Å². The molecule has 0 fully saturated rings. The molecule has 0 nitrogen and oxygen atoms in total. The van der Waals surface area contributed by atoms with Crippen molar-refractivity contribution in [1.29, 1.82) is 0 Å². The Morgan fingerprint density at radius 2 is 1.27 bits per heavy atom. The fourth-order valence-electron chi connectivity index (χ4n) is 1.72. The maximum Gasteiger partial charge on any atom is 0.0341 e. The van der Waals surface area contributed by atoms with Gasteiger partial charge >= 0.3 is 0 Å². The lowest BCUT2D eigenvalue weighted by atomic mass is 10.1. The number of thioether (sulfide) groups is 1. The molecule has 2 heteroatoms. The zero-order valence-corrected chi connectivity index (χ0v) is 11.8. The van der Waals surface area contributed by atoms with Crippen LogP contribution in [0.2, 0.25) is 0 Å². The Morgan fingerprint density at radius 3 is 1.73 bits per heavy atom. The standard InChI is InChI=1S/C13H26S2/c1-2-3-4-5-6-7-8-9-10-11-12-15-13-14/h13H,2-12H2,1H3. The van der Waals surface area contributed by atoms with Gasteiger partial charge in [-0.15, -0.1) is 11.8 Å². The summed E-state index contributed by atoms with van der Waals surface area (Å²) in [6, 6.07) is 0. The van der Waals surface area contributed by atoms with Gasteiger partial charge in [-0.2, -0.15) is 0 Å². The van der Waals surface area contributed by atoms with Crippen molar-refractivity contribution < 1.29 is 0 Å². The normalized spacial score (nSPS) is 10.5. The van der Waals surface area contributed by atoms with Crippen LogP contribution in [-0.4, -0.2) is 10.5 Å². The first-order valence-electron chi connectivity index (χ1n) is 6.47. The van der Waals surface area contributed by atoms with E-state index >= 15 is 0 Å². The molecule has 0 aliphatic heterocycles. The van der Waals surface area contributed by atoms with Gasteiger partial charge < -0.3 is 0 Å². The second kappa shape index (κ2) is 14.4. The zero-order valence-electron chi connectivity index (χ0n) is 10.2. The summed E-state index contributed by atoms with van der Waals surface area (Å²) in [5, 5.41) is 0. The molecule has 0 amide bonds.